The summed E-state index contributed by atoms with van der Waals surface area (Å²) in [5, 5.41) is 4.42. The van der Waals surface area contributed by atoms with Crippen LogP contribution in [0.4, 0.5) is 0 Å². The van der Waals surface area contributed by atoms with Gasteiger partial charge in [0.2, 0.25) is 5.91 Å². The van der Waals surface area contributed by atoms with Crippen LogP contribution in [-0.4, -0.2) is 24.1 Å². The Hall–Kier alpha value is -1.72. The molecule has 24 heavy (non-hydrogen) atoms. The second kappa shape index (κ2) is 6.30. The number of carbonyl (C=O) groups excluding carboxylic acids is 1. The van der Waals surface area contributed by atoms with Crippen molar-refractivity contribution in [3.05, 3.63) is 51.5 Å². The van der Waals surface area contributed by atoms with Crippen LogP contribution in [0.1, 0.15) is 46.3 Å². The molecule has 0 bridgehead atoms. The summed E-state index contributed by atoms with van der Waals surface area (Å²) in [7, 11) is 0. The van der Waals surface area contributed by atoms with Crippen molar-refractivity contribution in [2.75, 3.05) is 13.2 Å². The number of hydrogen-bond donors (Lipinski definition) is 1. The zero-order chi connectivity index (χ0) is 16.6. The van der Waals surface area contributed by atoms with Gasteiger partial charge in [-0.2, -0.15) is 0 Å². The highest BCUT2D eigenvalue weighted by atomic mass is 32.1. The average Bonchev–Trinajstić information content (AvgIpc) is 2.82. The third kappa shape index (κ3) is 2.87. The first-order chi connectivity index (χ1) is 11.7. The smallest absolute Gasteiger partial charge is 0.226 e. The molecule has 4 rings (SSSR count). The van der Waals surface area contributed by atoms with Gasteiger partial charge in [-0.05, 0) is 25.3 Å². The van der Waals surface area contributed by atoms with E-state index in [9.17, 15) is 4.79 Å². The van der Waals surface area contributed by atoms with Crippen molar-refractivity contribution in [3.63, 3.8) is 0 Å². The molecule has 1 amide bonds. The van der Waals surface area contributed by atoms with Crippen LogP contribution in [0.2, 0.25) is 0 Å². The molecule has 2 aromatic rings. The van der Waals surface area contributed by atoms with Gasteiger partial charge in [0.25, 0.3) is 0 Å². The van der Waals surface area contributed by atoms with E-state index in [4.69, 9.17) is 4.74 Å². The Morgan fingerprint density at radius 1 is 1.33 bits per heavy atom. The summed E-state index contributed by atoms with van der Waals surface area (Å²) in [4.78, 5) is 18.4. The fourth-order valence-corrected chi connectivity index (χ4v) is 4.51. The lowest BCUT2D eigenvalue weighted by Gasteiger charge is -2.42. The number of ether oxygens (including phenoxy) is 1. The van der Waals surface area contributed by atoms with Gasteiger partial charge in [0, 0.05) is 10.8 Å². The number of nitrogens with zero attached hydrogens (tertiary/aromatic N) is 1. The van der Waals surface area contributed by atoms with Crippen molar-refractivity contribution in [1.29, 1.82) is 0 Å². The van der Waals surface area contributed by atoms with Gasteiger partial charge in [0.15, 0.2) is 0 Å². The molecular weight excluding hydrogens is 320 g/mol. The first-order valence-electron chi connectivity index (χ1n) is 8.57. The lowest BCUT2D eigenvalue weighted by atomic mass is 9.86. The van der Waals surface area contributed by atoms with E-state index in [0.29, 0.717) is 25.6 Å². The van der Waals surface area contributed by atoms with Gasteiger partial charge >= 0.3 is 0 Å². The molecule has 1 N–H and O–H groups in total. The average molecular weight is 342 g/mol. The highest BCUT2D eigenvalue weighted by Gasteiger charge is 2.41. The molecule has 5 heteroatoms. The summed E-state index contributed by atoms with van der Waals surface area (Å²) in [6.07, 6.45) is 4.20. The standard InChI is InChI=1S/C19H22N2O2S/c1-13-16(24-18(20-13)14-6-5-7-14)10-17(22)21-19(11-23-12-19)15-8-3-2-4-9-15/h2-4,8-9,14H,5-7,10-12H2,1H3,(H,21,22). The van der Waals surface area contributed by atoms with Gasteiger partial charge in [0.05, 0.1) is 30.3 Å². The number of hydrogen-bond acceptors (Lipinski definition) is 4. The van der Waals surface area contributed by atoms with E-state index in [0.717, 1.165) is 16.1 Å². The second-order valence-corrected chi connectivity index (χ2v) is 7.97. The summed E-state index contributed by atoms with van der Waals surface area (Å²) >= 11 is 1.72. The van der Waals surface area contributed by atoms with E-state index in [1.807, 2.05) is 25.1 Å². The van der Waals surface area contributed by atoms with Gasteiger partial charge < -0.3 is 10.1 Å². The summed E-state index contributed by atoms with van der Waals surface area (Å²) in [6.45, 7) is 3.09. The number of carbonyl (C=O) groups is 1. The Balaban J connectivity index is 1.45. The molecule has 0 radical (unpaired) electrons. The Morgan fingerprint density at radius 3 is 2.67 bits per heavy atom. The van der Waals surface area contributed by atoms with E-state index in [2.05, 4.69) is 22.4 Å². The largest absolute Gasteiger partial charge is 0.376 e. The van der Waals surface area contributed by atoms with Crippen LogP contribution in [-0.2, 0) is 21.5 Å². The molecule has 1 aliphatic carbocycles. The number of amides is 1. The number of benzene rings is 1. The fourth-order valence-electron chi connectivity index (χ4n) is 3.28. The second-order valence-electron chi connectivity index (χ2n) is 6.85. The highest BCUT2D eigenvalue weighted by Crippen LogP contribution is 2.39. The number of aromatic nitrogens is 1. The minimum absolute atomic E-state index is 0.0501. The minimum Gasteiger partial charge on any atom is -0.376 e. The Kier molecular flexibility index (Phi) is 4.14. The van der Waals surface area contributed by atoms with Crippen molar-refractivity contribution in [1.82, 2.24) is 10.3 Å². The molecule has 4 nitrogen and oxygen atoms in total. The maximum Gasteiger partial charge on any atom is 0.226 e. The normalized spacial score (nSPS) is 19.4. The van der Waals surface area contributed by atoms with E-state index < -0.39 is 0 Å². The van der Waals surface area contributed by atoms with Crippen LogP contribution < -0.4 is 5.32 Å². The molecule has 1 aromatic carbocycles. The van der Waals surface area contributed by atoms with E-state index in [1.165, 1.54) is 24.3 Å². The molecule has 0 atom stereocenters. The van der Waals surface area contributed by atoms with Gasteiger partial charge in [-0.3, -0.25) is 4.79 Å². The quantitative estimate of drug-likeness (QED) is 0.907. The topological polar surface area (TPSA) is 51.2 Å². The highest BCUT2D eigenvalue weighted by molar-refractivity contribution is 7.12. The number of rotatable bonds is 5. The lowest BCUT2D eigenvalue weighted by Crippen LogP contribution is -2.59. The van der Waals surface area contributed by atoms with Crippen molar-refractivity contribution in [2.45, 2.75) is 44.1 Å². The molecule has 1 aliphatic heterocycles. The number of aryl methyl sites for hydroxylation is 1. The lowest BCUT2D eigenvalue weighted by molar-refractivity contribution is -0.133. The first kappa shape index (κ1) is 15.8. The number of nitrogens with one attached hydrogen (secondary N) is 1. The third-order valence-corrected chi connectivity index (χ3v) is 6.41. The maximum absolute atomic E-state index is 12.6. The predicted molar refractivity (Wildman–Crippen MR) is 94.2 cm³/mol. The molecule has 1 saturated heterocycles. The Morgan fingerprint density at radius 2 is 2.08 bits per heavy atom. The van der Waals surface area contributed by atoms with Crippen molar-refractivity contribution < 1.29 is 9.53 Å². The van der Waals surface area contributed by atoms with Crippen LogP contribution in [0.3, 0.4) is 0 Å². The molecule has 126 valence electrons. The summed E-state index contributed by atoms with van der Waals surface area (Å²) < 4.78 is 5.40. The van der Waals surface area contributed by atoms with Crippen LogP contribution >= 0.6 is 11.3 Å². The molecule has 2 fully saturated rings. The minimum atomic E-state index is -0.367. The molecule has 2 aliphatic rings. The van der Waals surface area contributed by atoms with Crippen LogP contribution in [0.5, 0.6) is 0 Å². The van der Waals surface area contributed by atoms with Crippen LogP contribution in [0.15, 0.2) is 30.3 Å². The summed E-state index contributed by atoms with van der Waals surface area (Å²) in [6, 6.07) is 10.1. The molecule has 1 aromatic heterocycles. The maximum atomic E-state index is 12.6. The Labute approximate surface area is 146 Å². The molecule has 1 saturated carbocycles. The predicted octanol–water partition coefficient (Wildman–Crippen LogP) is 3.30. The molecule has 0 unspecified atom stereocenters. The zero-order valence-electron chi connectivity index (χ0n) is 13.9. The SMILES string of the molecule is Cc1nc(C2CCC2)sc1CC(=O)NC1(c2ccccc2)COC1. The molecule has 2 heterocycles. The fraction of sp³-hybridized carbons (Fsp3) is 0.474. The van der Waals surface area contributed by atoms with Gasteiger partial charge in [0.1, 0.15) is 5.54 Å². The van der Waals surface area contributed by atoms with Crippen LogP contribution in [0, 0.1) is 6.92 Å². The third-order valence-electron chi connectivity index (χ3n) is 5.09. The Bertz CT molecular complexity index is 733. The zero-order valence-corrected chi connectivity index (χ0v) is 14.7. The first-order valence-corrected chi connectivity index (χ1v) is 9.38. The van der Waals surface area contributed by atoms with E-state index >= 15 is 0 Å². The van der Waals surface area contributed by atoms with E-state index in [-0.39, 0.29) is 11.4 Å². The van der Waals surface area contributed by atoms with Crippen molar-refractivity contribution >= 4 is 17.2 Å². The monoisotopic (exact) mass is 342 g/mol. The van der Waals surface area contributed by atoms with Gasteiger partial charge in [-0.15, -0.1) is 11.3 Å². The summed E-state index contributed by atoms with van der Waals surface area (Å²) in [5.41, 5.74) is 1.75. The molecular formula is C19H22N2O2S. The number of thiazole rings is 1. The van der Waals surface area contributed by atoms with E-state index in [1.54, 1.807) is 11.3 Å². The summed E-state index contributed by atoms with van der Waals surface area (Å²) in [5.74, 6) is 0.676. The molecule has 0 spiro atoms. The van der Waals surface area contributed by atoms with Crippen LogP contribution in [0.25, 0.3) is 0 Å². The van der Waals surface area contributed by atoms with Gasteiger partial charge in [-0.1, -0.05) is 36.8 Å². The van der Waals surface area contributed by atoms with Crippen molar-refractivity contribution in [2.24, 2.45) is 0 Å². The van der Waals surface area contributed by atoms with Gasteiger partial charge in [-0.25, -0.2) is 4.98 Å². The van der Waals surface area contributed by atoms with Crippen molar-refractivity contribution in [3.8, 4) is 0 Å².